The van der Waals surface area contributed by atoms with Crippen LogP contribution in [0, 0.1) is 0 Å². The molecule has 152 valence electrons. The average Bonchev–Trinajstić information content (AvgIpc) is 3.17. The van der Waals surface area contributed by atoms with Gasteiger partial charge in [-0.1, -0.05) is 30.3 Å². The molecule has 0 saturated carbocycles. The number of hydrogen-bond acceptors (Lipinski definition) is 3. The van der Waals surface area contributed by atoms with Gasteiger partial charge in [-0.2, -0.15) is 4.31 Å². The molecule has 2 aromatic carbocycles. The van der Waals surface area contributed by atoms with E-state index in [1.54, 1.807) is 10.4 Å². The molecule has 2 aromatic rings. The second kappa shape index (κ2) is 7.23. The predicted octanol–water partition coefficient (Wildman–Crippen LogP) is 0.611. The van der Waals surface area contributed by atoms with Crippen LogP contribution < -0.4 is 9.80 Å². The van der Waals surface area contributed by atoms with E-state index < -0.39 is 10.0 Å². The zero-order valence-electron chi connectivity index (χ0n) is 16.4. The lowest BCUT2D eigenvalue weighted by molar-refractivity contribution is -0.917. The molecule has 0 radical (unpaired) electrons. The highest BCUT2D eigenvalue weighted by Crippen LogP contribution is 2.38. The maximum atomic E-state index is 13.3. The number of anilines is 1. The van der Waals surface area contributed by atoms with Crippen molar-refractivity contribution >= 4 is 21.6 Å². The Labute approximate surface area is 171 Å². The van der Waals surface area contributed by atoms with Crippen LogP contribution in [0.2, 0.25) is 0 Å². The molecule has 1 N–H and O–H groups in total. The Balaban J connectivity index is 1.33. The van der Waals surface area contributed by atoms with Gasteiger partial charge in [0, 0.05) is 18.5 Å². The molecule has 5 rings (SSSR count). The summed E-state index contributed by atoms with van der Waals surface area (Å²) in [5.41, 5.74) is 4.27. The van der Waals surface area contributed by atoms with Crippen molar-refractivity contribution in [3.63, 3.8) is 0 Å². The van der Waals surface area contributed by atoms with Gasteiger partial charge in [-0.15, -0.1) is 0 Å². The topological polar surface area (TPSA) is 62.1 Å². The average molecular weight is 413 g/mol. The Morgan fingerprint density at radius 3 is 2.31 bits per heavy atom. The molecule has 3 aliphatic rings. The van der Waals surface area contributed by atoms with Gasteiger partial charge in [-0.05, 0) is 36.1 Å². The number of hydrogen-bond donors (Lipinski definition) is 1. The number of rotatable bonds is 4. The third-order valence-electron chi connectivity index (χ3n) is 6.39. The number of nitrogens with one attached hydrogen (secondary N) is 1. The van der Waals surface area contributed by atoms with Crippen molar-refractivity contribution in [2.75, 3.05) is 37.6 Å². The number of aryl methyl sites for hydroxylation is 1. The Hall–Kier alpha value is -2.22. The summed E-state index contributed by atoms with van der Waals surface area (Å²) < 4.78 is 28.3. The summed E-state index contributed by atoms with van der Waals surface area (Å²) in [6, 6.07) is 14.0. The van der Waals surface area contributed by atoms with Gasteiger partial charge in [0.15, 0.2) is 0 Å². The van der Waals surface area contributed by atoms with Gasteiger partial charge < -0.3 is 9.80 Å². The molecule has 0 spiro atoms. The quantitative estimate of drug-likeness (QED) is 0.801. The van der Waals surface area contributed by atoms with Gasteiger partial charge >= 0.3 is 0 Å². The van der Waals surface area contributed by atoms with Crippen molar-refractivity contribution < 1.29 is 18.1 Å². The first-order valence-electron chi connectivity index (χ1n) is 10.4. The van der Waals surface area contributed by atoms with E-state index in [4.69, 9.17) is 0 Å². The van der Waals surface area contributed by atoms with Crippen LogP contribution in [0.4, 0.5) is 5.69 Å². The Morgan fingerprint density at radius 2 is 1.59 bits per heavy atom. The van der Waals surface area contributed by atoms with Gasteiger partial charge in [0.1, 0.15) is 6.54 Å². The number of piperazine rings is 1. The standard InChI is InChI=1S/C22H25N3O3S/c26-21-7-6-18-14-20(15-19-8-9-25(21)22(18)19)29(27,28)24-12-10-23(11-13-24)16-17-4-2-1-3-5-17/h1-5,14-15H,6-13,16H2/p+1. The van der Waals surface area contributed by atoms with Crippen molar-refractivity contribution in [1.29, 1.82) is 0 Å². The van der Waals surface area contributed by atoms with Crippen LogP contribution in [0.1, 0.15) is 23.1 Å². The number of carbonyl (C=O) groups excluding carboxylic acids is 1. The lowest BCUT2D eigenvalue weighted by atomic mass is 10.00. The van der Waals surface area contributed by atoms with Gasteiger partial charge in [0.2, 0.25) is 15.9 Å². The summed E-state index contributed by atoms with van der Waals surface area (Å²) in [4.78, 5) is 15.8. The van der Waals surface area contributed by atoms with Crippen LogP contribution in [0.15, 0.2) is 47.4 Å². The van der Waals surface area contributed by atoms with Crippen LogP contribution in [0.3, 0.4) is 0 Å². The minimum atomic E-state index is -3.50. The molecular weight excluding hydrogens is 386 g/mol. The molecule has 0 bridgehead atoms. The third-order valence-corrected chi connectivity index (χ3v) is 8.27. The molecule has 1 fully saturated rings. The lowest BCUT2D eigenvalue weighted by Crippen LogP contribution is -3.13. The van der Waals surface area contributed by atoms with E-state index in [1.165, 1.54) is 10.5 Å². The minimum absolute atomic E-state index is 0.157. The molecule has 0 aromatic heterocycles. The number of carbonyl (C=O) groups is 1. The van der Waals surface area contributed by atoms with Crippen molar-refractivity contribution in [3.05, 3.63) is 59.2 Å². The normalized spacial score (nSPS) is 20.1. The molecule has 1 saturated heterocycles. The van der Waals surface area contributed by atoms with E-state index in [1.807, 2.05) is 29.2 Å². The maximum absolute atomic E-state index is 13.3. The van der Waals surface area contributed by atoms with Crippen LogP contribution in [0.5, 0.6) is 0 Å². The van der Waals surface area contributed by atoms with E-state index in [-0.39, 0.29) is 5.91 Å². The summed E-state index contributed by atoms with van der Waals surface area (Å²) in [6.07, 6.45) is 1.85. The van der Waals surface area contributed by atoms with Gasteiger partial charge in [-0.25, -0.2) is 8.42 Å². The SMILES string of the molecule is O=C1CCc2cc(S(=O)(=O)N3CC[NH+](Cc4ccccc4)CC3)cc3c2N1CC3. The lowest BCUT2D eigenvalue weighted by Gasteiger charge is -2.32. The van der Waals surface area contributed by atoms with Crippen LogP contribution in [0.25, 0.3) is 0 Å². The van der Waals surface area contributed by atoms with Gasteiger partial charge in [0.25, 0.3) is 0 Å². The summed E-state index contributed by atoms with van der Waals surface area (Å²) in [5.74, 6) is 0.157. The Bertz CT molecular complexity index is 1040. The predicted molar refractivity (Wildman–Crippen MR) is 110 cm³/mol. The molecule has 3 heterocycles. The zero-order chi connectivity index (χ0) is 20.0. The fourth-order valence-electron chi connectivity index (χ4n) is 4.83. The summed E-state index contributed by atoms with van der Waals surface area (Å²) in [5, 5.41) is 0. The number of benzene rings is 2. The fraction of sp³-hybridized carbons (Fsp3) is 0.409. The van der Waals surface area contributed by atoms with Crippen LogP contribution >= 0.6 is 0 Å². The second-order valence-corrected chi connectivity index (χ2v) is 10.1. The van der Waals surface area contributed by atoms with E-state index in [0.29, 0.717) is 37.4 Å². The Kier molecular flexibility index (Phi) is 4.69. The highest BCUT2D eigenvalue weighted by molar-refractivity contribution is 7.89. The number of nitrogens with zero attached hydrogens (tertiary/aromatic N) is 2. The van der Waals surface area contributed by atoms with E-state index in [2.05, 4.69) is 12.1 Å². The zero-order valence-corrected chi connectivity index (χ0v) is 17.2. The first-order valence-corrected chi connectivity index (χ1v) is 11.8. The van der Waals surface area contributed by atoms with E-state index in [0.717, 1.165) is 42.9 Å². The third kappa shape index (κ3) is 3.37. The molecule has 1 amide bonds. The monoisotopic (exact) mass is 412 g/mol. The number of amides is 1. The molecular formula is C22H26N3O3S+. The van der Waals surface area contributed by atoms with Crippen LogP contribution in [-0.2, 0) is 34.2 Å². The molecule has 0 unspecified atom stereocenters. The first-order chi connectivity index (χ1) is 14.0. The highest BCUT2D eigenvalue weighted by Gasteiger charge is 2.35. The van der Waals surface area contributed by atoms with Gasteiger partial charge in [0.05, 0.1) is 36.8 Å². The fourth-order valence-corrected chi connectivity index (χ4v) is 6.37. The molecule has 3 aliphatic heterocycles. The molecule has 29 heavy (non-hydrogen) atoms. The van der Waals surface area contributed by atoms with Crippen molar-refractivity contribution in [1.82, 2.24) is 4.31 Å². The molecule has 0 atom stereocenters. The Morgan fingerprint density at radius 1 is 0.897 bits per heavy atom. The smallest absolute Gasteiger partial charge is 0.243 e. The molecule has 0 aliphatic carbocycles. The summed E-state index contributed by atoms with van der Waals surface area (Å²) >= 11 is 0. The molecule has 6 nitrogen and oxygen atoms in total. The summed E-state index contributed by atoms with van der Waals surface area (Å²) in [6.45, 7) is 4.32. The summed E-state index contributed by atoms with van der Waals surface area (Å²) in [7, 11) is -3.50. The van der Waals surface area contributed by atoms with E-state index >= 15 is 0 Å². The van der Waals surface area contributed by atoms with Crippen molar-refractivity contribution in [2.45, 2.75) is 30.7 Å². The molecule has 7 heteroatoms. The first kappa shape index (κ1) is 18.8. The van der Waals surface area contributed by atoms with E-state index in [9.17, 15) is 13.2 Å². The maximum Gasteiger partial charge on any atom is 0.243 e. The van der Waals surface area contributed by atoms with Gasteiger partial charge in [-0.3, -0.25) is 4.79 Å². The van der Waals surface area contributed by atoms with Crippen molar-refractivity contribution in [3.8, 4) is 0 Å². The largest absolute Gasteiger partial charge is 0.329 e. The number of quaternary nitrogens is 1. The second-order valence-electron chi connectivity index (χ2n) is 8.20. The highest BCUT2D eigenvalue weighted by atomic mass is 32.2. The minimum Gasteiger partial charge on any atom is -0.329 e. The van der Waals surface area contributed by atoms with Crippen LogP contribution in [-0.4, -0.2) is 51.4 Å². The van der Waals surface area contributed by atoms with Crippen molar-refractivity contribution in [2.24, 2.45) is 0 Å². The number of sulfonamides is 1.